The second kappa shape index (κ2) is 7.67. The zero-order chi connectivity index (χ0) is 24.8. The predicted octanol–water partition coefficient (Wildman–Crippen LogP) is 5.25. The minimum absolute atomic E-state index is 0.00889. The van der Waals surface area contributed by atoms with Gasteiger partial charge in [0.1, 0.15) is 5.69 Å². The first kappa shape index (κ1) is 23.3. The molecule has 1 atom stereocenters. The number of alkyl halides is 3. The van der Waals surface area contributed by atoms with Gasteiger partial charge in [-0.05, 0) is 89.0 Å². The van der Waals surface area contributed by atoms with Crippen molar-refractivity contribution < 1.29 is 22.7 Å². The predicted molar refractivity (Wildman–Crippen MR) is 123 cm³/mol. The van der Waals surface area contributed by atoms with Crippen molar-refractivity contribution in [1.82, 2.24) is 19.5 Å². The van der Waals surface area contributed by atoms with Crippen molar-refractivity contribution >= 4 is 11.6 Å². The lowest BCUT2D eigenvalue weighted by Crippen LogP contribution is -2.54. The third-order valence-corrected chi connectivity index (χ3v) is 9.23. The second-order valence-corrected chi connectivity index (χ2v) is 12.1. The van der Waals surface area contributed by atoms with Gasteiger partial charge in [-0.3, -0.25) is 4.79 Å². The quantitative estimate of drug-likeness (QED) is 0.590. The lowest BCUT2D eigenvalue weighted by molar-refractivity contribution is -0.142. The monoisotopic (exact) mass is 490 g/mol. The topological polar surface area (TPSA) is 59.7 Å². The Morgan fingerprint density at radius 1 is 1.06 bits per heavy atom. The van der Waals surface area contributed by atoms with Crippen LogP contribution in [-0.4, -0.2) is 50.7 Å². The normalized spacial score (nSPS) is 34.1. The average molecular weight is 491 g/mol. The maximum atomic E-state index is 14.2. The van der Waals surface area contributed by atoms with Gasteiger partial charge in [0.25, 0.3) is 5.91 Å². The van der Waals surface area contributed by atoms with Gasteiger partial charge >= 0.3 is 6.18 Å². The molecule has 1 aliphatic heterocycles. The Morgan fingerprint density at radius 2 is 1.69 bits per heavy atom. The number of rotatable bonds is 3. The molecule has 4 bridgehead atoms. The van der Waals surface area contributed by atoms with Crippen LogP contribution in [-0.2, 0) is 16.3 Å². The Morgan fingerprint density at radius 3 is 2.23 bits per heavy atom. The maximum Gasteiger partial charge on any atom is 0.433 e. The van der Waals surface area contributed by atoms with Gasteiger partial charge in [-0.25, -0.2) is 9.50 Å². The Balaban J connectivity index is 1.40. The summed E-state index contributed by atoms with van der Waals surface area (Å²) in [4.78, 5) is 19.9. The number of hydrogen-bond donors (Lipinski definition) is 0. The SMILES string of the molecule is COC1CCN(C(=O)c2cc3nc(C45CC6CC(CC(C6)C4)C5)cc(C(F)(F)F)n3n2)C(C)(C)C1. The van der Waals surface area contributed by atoms with E-state index in [2.05, 4.69) is 5.10 Å². The summed E-state index contributed by atoms with van der Waals surface area (Å²) < 4.78 is 49.0. The van der Waals surface area contributed by atoms with E-state index in [1.807, 2.05) is 13.8 Å². The zero-order valence-corrected chi connectivity index (χ0v) is 20.6. The highest BCUT2D eigenvalue weighted by atomic mass is 19.4. The van der Waals surface area contributed by atoms with Crippen LogP contribution in [0.3, 0.4) is 0 Å². The first-order valence-corrected chi connectivity index (χ1v) is 12.8. The number of amides is 1. The van der Waals surface area contributed by atoms with Crippen LogP contribution >= 0.6 is 0 Å². The molecule has 4 saturated carbocycles. The van der Waals surface area contributed by atoms with Gasteiger partial charge in [-0.1, -0.05) is 0 Å². The average Bonchev–Trinajstić information content (AvgIpc) is 3.20. The molecule has 2 aromatic heterocycles. The van der Waals surface area contributed by atoms with Gasteiger partial charge in [0.05, 0.1) is 11.8 Å². The van der Waals surface area contributed by atoms with Gasteiger partial charge in [0.2, 0.25) is 0 Å². The molecule has 0 aromatic carbocycles. The molecule has 1 unspecified atom stereocenters. The molecule has 7 rings (SSSR count). The maximum absolute atomic E-state index is 14.2. The van der Waals surface area contributed by atoms with E-state index < -0.39 is 17.4 Å². The molecule has 3 heterocycles. The molecule has 0 radical (unpaired) electrons. The summed E-state index contributed by atoms with van der Waals surface area (Å²) in [7, 11) is 1.66. The Hall–Kier alpha value is -2.16. The molecule has 4 aliphatic carbocycles. The molecule has 1 amide bonds. The number of carbonyl (C=O) groups excluding carboxylic acids is 1. The number of hydrogen-bond acceptors (Lipinski definition) is 4. The van der Waals surface area contributed by atoms with Crippen molar-refractivity contribution in [3.63, 3.8) is 0 Å². The molecule has 9 heteroatoms. The standard InChI is InChI=1S/C26H33F3N4O2/c1-24(2)14-18(35-3)4-5-32(24)23(34)19-9-22-30-20(10-21(26(27,28)29)33(22)31-19)25-11-15-6-16(12-25)8-17(7-15)13-25/h9-10,15-18H,4-8,11-14H2,1-3H3. The highest BCUT2D eigenvalue weighted by molar-refractivity contribution is 5.94. The first-order chi connectivity index (χ1) is 16.5. The van der Waals surface area contributed by atoms with Gasteiger partial charge in [0, 0.05) is 30.7 Å². The molecule has 1 saturated heterocycles. The van der Waals surface area contributed by atoms with E-state index >= 15 is 0 Å². The molecule has 2 aromatic rings. The Labute approximate surface area is 203 Å². The molecule has 5 aliphatic rings. The molecule has 0 N–H and O–H groups in total. The fourth-order valence-corrected chi connectivity index (χ4v) is 8.04. The van der Waals surface area contributed by atoms with Crippen molar-refractivity contribution in [2.75, 3.05) is 13.7 Å². The molecule has 190 valence electrons. The molecular weight excluding hydrogens is 457 g/mol. The Kier molecular flexibility index (Phi) is 5.09. The fraction of sp³-hybridized carbons (Fsp3) is 0.731. The minimum atomic E-state index is -4.60. The summed E-state index contributed by atoms with van der Waals surface area (Å²) >= 11 is 0. The van der Waals surface area contributed by atoms with Crippen LogP contribution in [0, 0.1) is 17.8 Å². The summed E-state index contributed by atoms with van der Waals surface area (Å²) in [5.41, 5.74) is -0.958. The highest BCUT2D eigenvalue weighted by Crippen LogP contribution is 2.60. The largest absolute Gasteiger partial charge is 0.433 e. The van der Waals surface area contributed by atoms with Gasteiger partial charge < -0.3 is 9.64 Å². The number of likely N-dealkylation sites (tertiary alicyclic amines) is 1. The molecule has 6 nitrogen and oxygen atoms in total. The number of fused-ring (bicyclic) bond motifs is 1. The molecular formula is C26H33F3N4O2. The third-order valence-electron chi connectivity index (χ3n) is 9.23. The van der Waals surface area contributed by atoms with Crippen molar-refractivity contribution in [3.05, 3.63) is 29.2 Å². The lowest BCUT2D eigenvalue weighted by Gasteiger charge is -2.56. The number of methoxy groups -OCH3 is 1. The summed E-state index contributed by atoms with van der Waals surface area (Å²) in [6.45, 7) is 4.38. The van der Waals surface area contributed by atoms with Gasteiger partial charge in [0.15, 0.2) is 11.3 Å². The van der Waals surface area contributed by atoms with E-state index in [1.165, 1.54) is 31.4 Å². The number of carbonyl (C=O) groups is 1. The number of aromatic nitrogens is 3. The summed E-state index contributed by atoms with van der Waals surface area (Å²) in [5, 5.41) is 4.16. The van der Waals surface area contributed by atoms with Crippen LogP contribution < -0.4 is 0 Å². The summed E-state index contributed by atoms with van der Waals surface area (Å²) in [6.07, 6.45) is 3.16. The number of halogens is 3. The smallest absolute Gasteiger partial charge is 0.381 e. The van der Waals surface area contributed by atoms with E-state index in [0.29, 0.717) is 42.8 Å². The van der Waals surface area contributed by atoms with Crippen LogP contribution in [0.2, 0.25) is 0 Å². The first-order valence-electron chi connectivity index (χ1n) is 12.8. The second-order valence-electron chi connectivity index (χ2n) is 12.1. The van der Waals surface area contributed by atoms with E-state index in [0.717, 1.165) is 23.8 Å². The van der Waals surface area contributed by atoms with E-state index in [-0.39, 0.29) is 28.8 Å². The molecule has 0 spiro atoms. The summed E-state index contributed by atoms with van der Waals surface area (Å²) in [6, 6.07) is 2.66. The van der Waals surface area contributed by atoms with E-state index in [1.54, 1.807) is 12.0 Å². The van der Waals surface area contributed by atoms with Crippen LogP contribution in [0.4, 0.5) is 13.2 Å². The van der Waals surface area contributed by atoms with E-state index in [4.69, 9.17) is 9.72 Å². The van der Waals surface area contributed by atoms with Crippen molar-refractivity contribution in [3.8, 4) is 0 Å². The van der Waals surface area contributed by atoms with Gasteiger partial charge in [-0.15, -0.1) is 0 Å². The van der Waals surface area contributed by atoms with Crippen LogP contribution in [0.15, 0.2) is 12.1 Å². The van der Waals surface area contributed by atoms with Crippen LogP contribution in [0.1, 0.15) is 87.1 Å². The van der Waals surface area contributed by atoms with E-state index in [9.17, 15) is 18.0 Å². The third kappa shape index (κ3) is 3.76. The zero-order valence-electron chi connectivity index (χ0n) is 20.6. The number of piperidine rings is 1. The number of ether oxygens (including phenoxy) is 1. The lowest BCUT2D eigenvalue weighted by atomic mass is 9.49. The highest BCUT2D eigenvalue weighted by Gasteiger charge is 2.53. The fourth-order valence-electron chi connectivity index (χ4n) is 8.04. The molecule has 35 heavy (non-hydrogen) atoms. The van der Waals surface area contributed by atoms with Crippen molar-refractivity contribution in [1.29, 1.82) is 0 Å². The molecule has 5 fully saturated rings. The van der Waals surface area contributed by atoms with Crippen LogP contribution in [0.25, 0.3) is 5.65 Å². The summed E-state index contributed by atoms with van der Waals surface area (Å²) in [5.74, 6) is 1.41. The van der Waals surface area contributed by atoms with Crippen molar-refractivity contribution in [2.24, 2.45) is 17.8 Å². The van der Waals surface area contributed by atoms with Crippen molar-refractivity contribution in [2.45, 2.75) is 88.4 Å². The van der Waals surface area contributed by atoms with Gasteiger partial charge in [-0.2, -0.15) is 18.3 Å². The van der Waals surface area contributed by atoms with Crippen LogP contribution in [0.5, 0.6) is 0 Å². The number of nitrogens with zero attached hydrogens (tertiary/aromatic N) is 4. The minimum Gasteiger partial charge on any atom is -0.381 e. The Bertz CT molecular complexity index is 1140.